The van der Waals surface area contributed by atoms with Crippen LogP contribution >= 0.6 is 23.5 Å². The molecule has 0 radical (unpaired) electrons. The van der Waals surface area contributed by atoms with Crippen molar-refractivity contribution in [2.75, 3.05) is 17.3 Å². The molecule has 5 nitrogen and oxygen atoms in total. The molecule has 1 aliphatic heterocycles. The Balaban J connectivity index is 1.92. The van der Waals surface area contributed by atoms with Gasteiger partial charge in [-0.2, -0.15) is 16.7 Å². The Morgan fingerprint density at radius 2 is 2.20 bits per heavy atom. The van der Waals surface area contributed by atoms with Crippen LogP contribution in [0.5, 0.6) is 0 Å². The summed E-state index contributed by atoms with van der Waals surface area (Å²) in [5.41, 5.74) is 0.639. The fourth-order valence-electron chi connectivity index (χ4n) is 1.97. The Morgan fingerprint density at radius 1 is 1.35 bits per heavy atom. The van der Waals surface area contributed by atoms with Crippen molar-refractivity contribution in [1.29, 1.82) is 0 Å². The van der Waals surface area contributed by atoms with Gasteiger partial charge in [-0.25, -0.2) is 4.79 Å². The fraction of sp³-hybridized carbons (Fsp3) is 0.308. The number of carboxylic acid groups (broad SMARTS) is 1. The maximum Gasteiger partial charge on any atom is 0.336 e. The van der Waals surface area contributed by atoms with Gasteiger partial charge in [-0.15, -0.1) is 11.8 Å². The topological polar surface area (TPSA) is 76.2 Å². The van der Waals surface area contributed by atoms with Gasteiger partial charge >= 0.3 is 5.97 Å². The van der Waals surface area contributed by atoms with Gasteiger partial charge in [0, 0.05) is 17.3 Å². The molecule has 0 amide bonds. The number of carbonyl (C=O) groups is 1. The second-order valence-electron chi connectivity index (χ2n) is 4.24. The molecule has 2 heterocycles. The molecule has 1 fully saturated rings. The number of thioether (sulfide) groups is 2. The number of nitrogens with zero attached hydrogens (tertiary/aromatic N) is 2. The summed E-state index contributed by atoms with van der Waals surface area (Å²) >= 11 is 3.69. The normalized spacial score (nSPS) is 18.9. The Bertz CT molecular complexity index is 624. The highest BCUT2D eigenvalue weighted by atomic mass is 32.2. The average Bonchev–Trinajstić information content (AvgIpc) is 2.98. The summed E-state index contributed by atoms with van der Waals surface area (Å²) in [7, 11) is 0. The molecule has 0 bridgehead atoms. The Kier molecular flexibility index (Phi) is 3.98. The number of hydrogen-bond acceptors (Lipinski definition) is 6. The van der Waals surface area contributed by atoms with E-state index in [-0.39, 0.29) is 16.7 Å². The highest BCUT2D eigenvalue weighted by molar-refractivity contribution is 8.06. The van der Waals surface area contributed by atoms with Gasteiger partial charge in [0.25, 0.3) is 5.89 Å². The minimum atomic E-state index is -0.997. The largest absolute Gasteiger partial charge is 0.478 e. The maximum atomic E-state index is 11.2. The quantitative estimate of drug-likeness (QED) is 0.934. The summed E-state index contributed by atoms with van der Waals surface area (Å²) in [5, 5.41) is 13.4. The van der Waals surface area contributed by atoms with Gasteiger partial charge in [0.15, 0.2) is 5.82 Å². The van der Waals surface area contributed by atoms with Crippen molar-refractivity contribution < 1.29 is 14.4 Å². The molecule has 1 atom stereocenters. The van der Waals surface area contributed by atoms with E-state index in [1.807, 2.05) is 23.5 Å². The highest BCUT2D eigenvalue weighted by Gasteiger charge is 2.23. The first-order valence-electron chi connectivity index (χ1n) is 6.11. The highest BCUT2D eigenvalue weighted by Crippen LogP contribution is 2.36. The molecule has 1 saturated heterocycles. The molecule has 0 saturated carbocycles. The van der Waals surface area contributed by atoms with E-state index in [2.05, 4.69) is 10.1 Å². The lowest BCUT2D eigenvalue weighted by Crippen LogP contribution is -2.08. The summed E-state index contributed by atoms with van der Waals surface area (Å²) < 4.78 is 5.25. The second kappa shape index (κ2) is 5.88. The lowest BCUT2D eigenvalue weighted by atomic mass is 10.1. The number of benzene rings is 1. The summed E-state index contributed by atoms with van der Waals surface area (Å²) in [6.45, 7) is 0. The molecule has 1 aliphatic rings. The van der Waals surface area contributed by atoms with Gasteiger partial charge in [-0.1, -0.05) is 17.3 Å². The number of rotatable bonds is 3. The summed E-state index contributed by atoms with van der Waals surface area (Å²) in [6.07, 6.45) is 0. The molecule has 20 heavy (non-hydrogen) atoms. The van der Waals surface area contributed by atoms with Crippen molar-refractivity contribution in [2.24, 2.45) is 0 Å². The Morgan fingerprint density at radius 3 is 2.95 bits per heavy atom. The standard InChI is InChI=1S/C13H12N2O3S2/c16-13(17)9-4-2-1-3-8(9)12-14-11(15-18-12)10-7-19-5-6-20-10/h1-4,10H,5-7H2,(H,16,17). The van der Waals surface area contributed by atoms with Crippen LogP contribution in [0.2, 0.25) is 0 Å². The third-order valence-electron chi connectivity index (χ3n) is 2.93. The molecule has 1 aromatic carbocycles. The minimum absolute atomic E-state index is 0.174. The Hall–Kier alpha value is -1.47. The summed E-state index contributed by atoms with van der Waals surface area (Å²) in [4.78, 5) is 15.6. The lowest BCUT2D eigenvalue weighted by Gasteiger charge is -2.16. The van der Waals surface area contributed by atoms with Crippen LogP contribution in [-0.4, -0.2) is 38.5 Å². The third kappa shape index (κ3) is 2.69. The summed E-state index contributed by atoms with van der Waals surface area (Å²) in [5.74, 6) is 3.11. The van der Waals surface area contributed by atoms with Crippen molar-refractivity contribution >= 4 is 29.5 Å². The zero-order valence-corrected chi connectivity index (χ0v) is 12.1. The predicted octanol–water partition coefficient (Wildman–Crippen LogP) is 2.96. The molecule has 7 heteroatoms. The van der Waals surface area contributed by atoms with E-state index in [4.69, 9.17) is 4.52 Å². The van der Waals surface area contributed by atoms with E-state index in [0.29, 0.717) is 11.4 Å². The van der Waals surface area contributed by atoms with E-state index in [1.54, 1.807) is 18.2 Å². The van der Waals surface area contributed by atoms with E-state index >= 15 is 0 Å². The number of hydrogen-bond donors (Lipinski definition) is 1. The van der Waals surface area contributed by atoms with Crippen LogP contribution in [0.25, 0.3) is 11.5 Å². The van der Waals surface area contributed by atoms with Crippen LogP contribution in [0.1, 0.15) is 21.4 Å². The van der Waals surface area contributed by atoms with Crippen molar-refractivity contribution in [3.05, 3.63) is 35.7 Å². The van der Waals surface area contributed by atoms with E-state index in [1.165, 1.54) is 6.07 Å². The Labute approximate surface area is 124 Å². The van der Waals surface area contributed by atoms with Crippen molar-refractivity contribution in [3.8, 4) is 11.5 Å². The van der Waals surface area contributed by atoms with Gasteiger partial charge in [0.05, 0.1) is 16.4 Å². The first-order valence-corrected chi connectivity index (χ1v) is 8.31. The van der Waals surface area contributed by atoms with Crippen molar-refractivity contribution in [1.82, 2.24) is 10.1 Å². The zero-order chi connectivity index (χ0) is 13.9. The first-order chi connectivity index (χ1) is 9.75. The molecule has 1 N–H and O–H groups in total. The van der Waals surface area contributed by atoms with Crippen LogP contribution in [0.3, 0.4) is 0 Å². The van der Waals surface area contributed by atoms with Gasteiger partial charge in [0.1, 0.15) is 0 Å². The molecule has 0 aliphatic carbocycles. The molecule has 3 rings (SSSR count). The minimum Gasteiger partial charge on any atom is -0.478 e. The smallest absolute Gasteiger partial charge is 0.336 e. The van der Waals surface area contributed by atoms with Crippen LogP contribution in [0.4, 0.5) is 0 Å². The number of aromatic nitrogens is 2. The molecule has 1 unspecified atom stereocenters. The zero-order valence-electron chi connectivity index (χ0n) is 10.5. The molecule has 1 aromatic heterocycles. The van der Waals surface area contributed by atoms with Crippen LogP contribution in [-0.2, 0) is 0 Å². The first kappa shape index (κ1) is 13.5. The van der Waals surface area contributed by atoms with Crippen molar-refractivity contribution in [3.63, 3.8) is 0 Å². The monoisotopic (exact) mass is 308 g/mol. The van der Waals surface area contributed by atoms with Crippen LogP contribution in [0, 0.1) is 0 Å². The molecule has 2 aromatic rings. The molecular formula is C13H12N2O3S2. The number of carboxylic acids is 1. The van der Waals surface area contributed by atoms with E-state index < -0.39 is 5.97 Å². The SMILES string of the molecule is O=C(O)c1ccccc1-c1nc(C2CSCCS2)no1. The molecule has 104 valence electrons. The van der Waals surface area contributed by atoms with Gasteiger partial charge in [0.2, 0.25) is 0 Å². The molecular weight excluding hydrogens is 296 g/mol. The fourth-order valence-corrected chi connectivity index (χ4v) is 4.56. The number of aromatic carboxylic acids is 1. The predicted molar refractivity (Wildman–Crippen MR) is 79.2 cm³/mol. The van der Waals surface area contributed by atoms with Crippen LogP contribution in [0.15, 0.2) is 28.8 Å². The second-order valence-corrected chi connectivity index (χ2v) is 6.70. The average molecular weight is 308 g/mol. The van der Waals surface area contributed by atoms with Crippen molar-refractivity contribution in [2.45, 2.75) is 5.25 Å². The van der Waals surface area contributed by atoms with Gasteiger partial charge in [-0.05, 0) is 12.1 Å². The summed E-state index contributed by atoms with van der Waals surface area (Å²) in [6, 6.07) is 6.66. The van der Waals surface area contributed by atoms with Gasteiger partial charge < -0.3 is 9.63 Å². The lowest BCUT2D eigenvalue weighted by molar-refractivity contribution is 0.0697. The third-order valence-corrected chi connectivity index (χ3v) is 5.68. The van der Waals surface area contributed by atoms with Crippen LogP contribution < -0.4 is 0 Å². The van der Waals surface area contributed by atoms with E-state index in [9.17, 15) is 9.90 Å². The van der Waals surface area contributed by atoms with Gasteiger partial charge in [-0.3, -0.25) is 0 Å². The molecule has 0 spiro atoms. The van der Waals surface area contributed by atoms with E-state index in [0.717, 1.165) is 17.3 Å². The maximum absolute atomic E-state index is 11.2.